The van der Waals surface area contributed by atoms with Gasteiger partial charge in [-0.25, -0.2) is 13.2 Å². The summed E-state index contributed by atoms with van der Waals surface area (Å²) >= 11 is 0. The first-order valence-corrected chi connectivity index (χ1v) is 11.2. The van der Waals surface area contributed by atoms with E-state index < -0.39 is 34.4 Å². The van der Waals surface area contributed by atoms with Gasteiger partial charge in [-0.15, -0.1) is 0 Å². The summed E-state index contributed by atoms with van der Waals surface area (Å²) in [5.74, 6) is -0.231. The maximum absolute atomic E-state index is 12.2. The number of benzene rings is 1. The smallest absolute Gasteiger partial charge is 0.338 e. The van der Waals surface area contributed by atoms with Gasteiger partial charge in [0.25, 0.3) is 5.91 Å². The number of carbonyl (C=O) groups is 2. The van der Waals surface area contributed by atoms with Crippen LogP contribution in [0.1, 0.15) is 43.5 Å². The molecule has 1 aromatic rings. The number of hydrogen-bond donors (Lipinski definition) is 1. The molecule has 8 nitrogen and oxygen atoms in total. The van der Waals surface area contributed by atoms with E-state index in [4.69, 9.17) is 14.2 Å². The van der Waals surface area contributed by atoms with Gasteiger partial charge < -0.3 is 19.5 Å². The van der Waals surface area contributed by atoms with E-state index in [1.165, 1.54) is 6.07 Å². The minimum atomic E-state index is -3.09. The second-order valence-electron chi connectivity index (χ2n) is 6.54. The fourth-order valence-electron chi connectivity index (χ4n) is 2.74. The number of esters is 1. The Morgan fingerprint density at radius 1 is 1.18 bits per heavy atom. The SMILES string of the molecule is CCCCOc1ccc(C(=O)OCC(=O)N[C@@H]2CCS(=O)(=O)C2)cc1OCC. The molecule has 1 heterocycles. The second-order valence-corrected chi connectivity index (χ2v) is 8.77. The Labute approximate surface area is 165 Å². The molecule has 1 aliphatic rings. The Balaban J connectivity index is 1.90. The third-order valence-corrected chi connectivity index (χ3v) is 5.93. The third kappa shape index (κ3) is 6.70. The van der Waals surface area contributed by atoms with Crippen molar-refractivity contribution >= 4 is 21.7 Å². The number of unbranched alkanes of at least 4 members (excludes halogenated alkanes) is 1. The summed E-state index contributed by atoms with van der Waals surface area (Å²) in [7, 11) is -3.09. The number of ether oxygens (including phenoxy) is 3. The van der Waals surface area contributed by atoms with Gasteiger partial charge in [-0.2, -0.15) is 0 Å². The minimum Gasteiger partial charge on any atom is -0.490 e. The van der Waals surface area contributed by atoms with Crippen molar-refractivity contribution in [2.45, 2.75) is 39.2 Å². The van der Waals surface area contributed by atoms with Gasteiger partial charge in [-0.1, -0.05) is 13.3 Å². The molecule has 1 N–H and O–H groups in total. The summed E-state index contributed by atoms with van der Waals surface area (Å²) in [6.07, 6.45) is 2.29. The normalized spacial score (nSPS) is 17.7. The topological polar surface area (TPSA) is 108 Å². The van der Waals surface area contributed by atoms with E-state index in [1.807, 2.05) is 6.92 Å². The highest BCUT2D eigenvalue weighted by molar-refractivity contribution is 7.91. The van der Waals surface area contributed by atoms with Crippen molar-refractivity contribution in [3.8, 4) is 11.5 Å². The molecule has 1 saturated heterocycles. The molecule has 0 aliphatic carbocycles. The first kappa shape index (κ1) is 22.0. The van der Waals surface area contributed by atoms with E-state index in [-0.39, 0.29) is 17.1 Å². The van der Waals surface area contributed by atoms with Crippen molar-refractivity contribution in [1.29, 1.82) is 0 Å². The number of sulfone groups is 1. The molecule has 0 unspecified atom stereocenters. The summed E-state index contributed by atoms with van der Waals surface area (Å²) < 4.78 is 39.0. The van der Waals surface area contributed by atoms with Crippen molar-refractivity contribution in [1.82, 2.24) is 5.32 Å². The molecular formula is C19H27NO7S. The van der Waals surface area contributed by atoms with Gasteiger partial charge in [0, 0.05) is 6.04 Å². The molecule has 28 heavy (non-hydrogen) atoms. The Morgan fingerprint density at radius 2 is 1.96 bits per heavy atom. The molecule has 9 heteroatoms. The maximum atomic E-state index is 12.2. The lowest BCUT2D eigenvalue weighted by Crippen LogP contribution is -2.38. The first-order chi connectivity index (χ1) is 13.3. The lowest BCUT2D eigenvalue weighted by Gasteiger charge is -2.13. The van der Waals surface area contributed by atoms with E-state index in [1.54, 1.807) is 12.1 Å². The zero-order valence-electron chi connectivity index (χ0n) is 16.2. The van der Waals surface area contributed by atoms with Crippen LogP contribution >= 0.6 is 0 Å². The summed E-state index contributed by atoms with van der Waals surface area (Å²) in [4.78, 5) is 24.1. The third-order valence-electron chi connectivity index (χ3n) is 4.17. The highest BCUT2D eigenvalue weighted by Crippen LogP contribution is 2.29. The minimum absolute atomic E-state index is 0.0601. The van der Waals surface area contributed by atoms with E-state index in [2.05, 4.69) is 12.2 Å². The summed E-state index contributed by atoms with van der Waals surface area (Å²) in [6.45, 7) is 4.38. The molecular weight excluding hydrogens is 386 g/mol. The summed E-state index contributed by atoms with van der Waals surface area (Å²) in [5, 5.41) is 2.57. The standard InChI is InChI=1S/C19H27NO7S/c1-3-5-9-26-16-7-6-14(11-17(16)25-4-2)19(22)27-12-18(21)20-15-8-10-28(23,24)13-15/h6-7,11,15H,3-5,8-10,12-13H2,1-2H3,(H,20,21)/t15-/m1/s1. The number of carbonyl (C=O) groups excluding carboxylic acids is 2. The molecule has 1 aliphatic heterocycles. The molecule has 0 bridgehead atoms. The number of amides is 1. The van der Waals surface area contributed by atoms with Crippen molar-refractivity contribution in [3.63, 3.8) is 0 Å². The molecule has 0 saturated carbocycles. The van der Waals surface area contributed by atoms with Crippen LogP contribution in [0.25, 0.3) is 0 Å². The van der Waals surface area contributed by atoms with Crippen LogP contribution in [-0.4, -0.2) is 57.7 Å². The van der Waals surface area contributed by atoms with Crippen molar-refractivity contribution in [2.24, 2.45) is 0 Å². The highest BCUT2D eigenvalue weighted by atomic mass is 32.2. The number of nitrogens with one attached hydrogen (secondary N) is 1. The van der Waals surface area contributed by atoms with Crippen molar-refractivity contribution in [3.05, 3.63) is 23.8 Å². The molecule has 1 fully saturated rings. The summed E-state index contributed by atoms with van der Waals surface area (Å²) in [6, 6.07) is 4.28. The van der Waals surface area contributed by atoms with Gasteiger partial charge in [0.15, 0.2) is 27.9 Å². The highest BCUT2D eigenvalue weighted by Gasteiger charge is 2.29. The van der Waals surface area contributed by atoms with Crippen LogP contribution in [-0.2, 0) is 19.4 Å². The lowest BCUT2D eigenvalue weighted by molar-refractivity contribution is -0.124. The predicted octanol–water partition coefficient (Wildman–Crippen LogP) is 1.72. The molecule has 0 radical (unpaired) electrons. The second kappa shape index (κ2) is 10.3. The fraction of sp³-hybridized carbons (Fsp3) is 0.579. The molecule has 156 valence electrons. The van der Waals surface area contributed by atoms with Crippen LogP contribution < -0.4 is 14.8 Å². The van der Waals surface area contributed by atoms with E-state index >= 15 is 0 Å². The zero-order chi connectivity index (χ0) is 20.6. The average molecular weight is 413 g/mol. The van der Waals surface area contributed by atoms with Crippen LogP contribution in [0.4, 0.5) is 0 Å². The molecule has 0 spiro atoms. The number of rotatable bonds is 10. The number of hydrogen-bond acceptors (Lipinski definition) is 7. The van der Waals surface area contributed by atoms with Gasteiger partial charge in [-0.05, 0) is 38.0 Å². The van der Waals surface area contributed by atoms with Gasteiger partial charge in [0.1, 0.15) is 0 Å². The Hall–Kier alpha value is -2.29. The van der Waals surface area contributed by atoms with E-state index in [0.717, 1.165) is 12.8 Å². The van der Waals surface area contributed by atoms with Gasteiger partial charge in [0.2, 0.25) is 0 Å². The molecule has 1 atom stereocenters. The van der Waals surface area contributed by atoms with E-state index in [9.17, 15) is 18.0 Å². The van der Waals surface area contributed by atoms with Crippen LogP contribution in [0.5, 0.6) is 11.5 Å². The first-order valence-electron chi connectivity index (χ1n) is 9.41. The predicted molar refractivity (Wildman–Crippen MR) is 103 cm³/mol. The fourth-order valence-corrected chi connectivity index (χ4v) is 4.42. The van der Waals surface area contributed by atoms with Crippen LogP contribution in [0, 0.1) is 0 Å². The Bertz CT molecular complexity index is 791. The van der Waals surface area contributed by atoms with Crippen LogP contribution in [0.3, 0.4) is 0 Å². The van der Waals surface area contributed by atoms with Crippen molar-refractivity contribution < 1.29 is 32.2 Å². The van der Waals surface area contributed by atoms with Crippen LogP contribution in [0.2, 0.25) is 0 Å². The zero-order valence-corrected chi connectivity index (χ0v) is 17.0. The Morgan fingerprint density at radius 3 is 2.61 bits per heavy atom. The largest absolute Gasteiger partial charge is 0.490 e. The molecule has 1 aromatic carbocycles. The van der Waals surface area contributed by atoms with Crippen molar-refractivity contribution in [2.75, 3.05) is 31.3 Å². The molecule has 1 amide bonds. The van der Waals surface area contributed by atoms with Gasteiger partial charge >= 0.3 is 5.97 Å². The van der Waals surface area contributed by atoms with E-state index in [0.29, 0.717) is 31.1 Å². The quantitative estimate of drug-likeness (QED) is 0.460. The monoisotopic (exact) mass is 413 g/mol. The maximum Gasteiger partial charge on any atom is 0.338 e. The van der Waals surface area contributed by atoms with Gasteiger partial charge in [0.05, 0.1) is 30.3 Å². The Kier molecular flexibility index (Phi) is 8.10. The summed E-state index contributed by atoms with van der Waals surface area (Å²) in [5.41, 5.74) is 0.238. The lowest BCUT2D eigenvalue weighted by atomic mass is 10.2. The van der Waals surface area contributed by atoms with Gasteiger partial charge in [-0.3, -0.25) is 4.79 Å². The molecule has 0 aromatic heterocycles. The molecule has 2 rings (SSSR count). The van der Waals surface area contributed by atoms with Crippen LogP contribution in [0.15, 0.2) is 18.2 Å². The average Bonchev–Trinajstić information content (AvgIpc) is 2.99.